The Bertz CT molecular complexity index is 674. The Balaban J connectivity index is 1.40. The van der Waals surface area contributed by atoms with Crippen LogP contribution in [0.15, 0.2) is 30.3 Å². The van der Waals surface area contributed by atoms with Crippen LogP contribution in [0.5, 0.6) is 5.75 Å². The predicted octanol–water partition coefficient (Wildman–Crippen LogP) is 1.27. The molecule has 0 radical (unpaired) electrons. The van der Waals surface area contributed by atoms with Crippen LogP contribution in [0.25, 0.3) is 0 Å². The number of nitrogens with zero attached hydrogens (tertiary/aromatic N) is 2. The Morgan fingerprint density at radius 3 is 2.60 bits per heavy atom. The summed E-state index contributed by atoms with van der Waals surface area (Å²) in [7, 11) is -3.26. The molecule has 0 saturated carbocycles. The molecule has 2 amide bonds. The first-order chi connectivity index (χ1) is 12.0. The van der Waals surface area contributed by atoms with E-state index in [9.17, 15) is 13.2 Å². The van der Waals surface area contributed by atoms with Crippen molar-refractivity contribution in [3.05, 3.63) is 30.3 Å². The van der Waals surface area contributed by atoms with E-state index in [0.717, 1.165) is 25.0 Å². The van der Waals surface area contributed by atoms with Gasteiger partial charge in [0.25, 0.3) is 0 Å². The van der Waals surface area contributed by atoms with Gasteiger partial charge in [-0.25, -0.2) is 17.5 Å². The third kappa shape index (κ3) is 4.85. The van der Waals surface area contributed by atoms with Crippen molar-refractivity contribution in [2.75, 3.05) is 38.5 Å². The van der Waals surface area contributed by atoms with Crippen LogP contribution >= 0.6 is 0 Å². The van der Waals surface area contributed by atoms with E-state index in [2.05, 4.69) is 5.32 Å². The topological polar surface area (TPSA) is 79.0 Å². The maximum atomic E-state index is 12.2. The second-order valence-corrected chi connectivity index (χ2v) is 8.53. The van der Waals surface area contributed by atoms with Gasteiger partial charge in [-0.15, -0.1) is 0 Å². The molecule has 2 aliphatic rings. The number of para-hydroxylation sites is 1. The van der Waals surface area contributed by atoms with Gasteiger partial charge < -0.3 is 15.0 Å². The van der Waals surface area contributed by atoms with E-state index in [-0.39, 0.29) is 24.4 Å². The fourth-order valence-electron chi connectivity index (χ4n) is 3.19. The molecule has 0 unspecified atom stereocenters. The highest BCUT2D eigenvalue weighted by molar-refractivity contribution is 7.89. The lowest BCUT2D eigenvalue weighted by atomic mass is 10.3. The number of urea groups is 1. The molecule has 0 aliphatic carbocycles. The number of likely N-dealkylation sites (tertiary alicyclic amines) is 1. The third-order valence-electron chi connectivity index (χ3n) is 4.57. The number of amides is 2. The van der Waals surface area contributed by atoms with Crippen LogP contribution in [0.1, 0.15) is 19.3 Å². The summed E-state index contributed by atoms with van der Waals surface area (Å²) in [6.07, 6.45) is 2.58. The molecule has 0 spiro atoms. The summed E-state index contributed by atoms with van der Waals surface area (Å²) in [4.78, 5) is 13.9. The summed E-state index contributed by atoms with van der Waals surface area (Å²) in [5, 5.41) is 2.71. The Morgan fingerprint density at radius 1 is 1.16 bits per heavy atom. The smallest absolute Gasteiger partial charge is 0.317 e. The molecule has 138 valence electrons. The molecule has 2 saturated heterocycles. The molecule has 7 nitrogen and oxygen atoms in total. The highest BCUT2D eigenvalue weighted by atomic mass is 32.2. The lowest BCUT2D eigenvalue weighted by Gasteiger charge is -2.19. The molecule has 8 heteroatoms. The number of ether oxygens (including phenoxy) is 1. The molecule has 2 fully saturated rings. The average molecular weight is 367 g/mol. The van der Waals surface area contributed by atoms with Crippen molar-refractivity contribution < 1.29 is 17.9 Å². The molecule has 1 atom stereocenters. The van der Waals surface area contributed by atoms with E-state index in [1.807, 2.05) is 30.3 Å². The number of carbonyl (C=O) groups excluding carboxylic acids is 1. The summed E-state index contributed by atoms with van der Waals surface area (Å²) >= 11 is 0. The maximum absolute atomic E-state index is 12.2. The van der Waals surface area contributed by atoms with Gasteiger partial charge in [-0.3, -0.25) is 0 Å². The molecule has 2 aliphatic heterocycles. The summed E-state index contributed by atoms with van der Waals surface area (Å²) in [6.45, 7) is 2.46. The summed E-state index contributed by atoms with van der Waals surface area (Å²) in [6, 6.07) is 9.32. The largest absolute Gasteiger partial charge is 0.489 e. The van der Waals surface area contributed by atoms with E-state index in [4.69, 9.17) is 4.74 Å². The predicted molar refractivity (Wildman–Crippen MR) is 95.0 cm³/mol. The van der Waals surface area contributed by atoms with E-state index in [0.29, 0.717) is 26.2 Å². The molecular weight excluding hydrogens is 342 g/mol. The quantitative estimate of drug-likeness (QED) is 0.821. The van der Waals surface area contributed by atoms with Gasteiger partial charge in [-0.2, -0.15) is 0 Å². The Kier molecular flexibility index (Phi) is 5.80. The standard InChI is InChI=1S/C17H25N3O4S/c21-17(18-9-13-25(22,23)20-10-4-5-11-20)19-12-8-16(14-19)24-15-6-2-1-3-7-15/h1-3,6-7,16H,4-5,8-14H2,(H,18,21)/t16-/m0/s1. The van der Waals surface area contributed by atoms with Crippen molar-refractivity contribution in [3.63, 3.8) is 0 Å². The van der Waals surface area contributed by atoms with E-state index < -0.39 is 10.0 Å². The molecule has 0 bridgehead atoms. The van der Waals surface area contributed by atoms with Crippen molar-refractivity contribution in [2.45, 2.75) is 25.4 Å². The number of nitrogens with one attached hydrogen (secondary N) is 1. The zero-order valence-corrected chi connectivity index (χ0v) is 15.1. The van der Waals surface area contributed by atoms with Crippen LogP contribution in [-0.4, -0.2) is 68.2 Å². The fourth-order valence-corrected chi connectivity index (χ4v) is 4.63. The molecule has 1 N–H and O–H groups in total. The van der Waals surface area contributed by atoms with Gasteiger partial charge in [0.2, 0.25) is 10.0 Å². The highest BCUT2D eigenvalue weighted by Gasteiger charge is 2.28. The lowest BCUT2D eigenvalue weighted by molar-refractivity contribution is 0.187. The van der Waals surface area contributed by atoms with Crippen LogP contribution in [0.4, 0.5) is 4.79 Å². The van der Waals surface area contributed by atoms with Gasteiger partial charge in [0, 0.05) is 32.6 Å². The second-order valence-electron chi connectivity index (χ2n) is 6.44. The van der Waals surface area contributed by atoms with Crippen molar-refractivity contribution in [2.24, 2.45) is 0 Å². The highest BCUT2D eigenvalue weighted by Crippen LogP contribution is 2.18. The molecule has 3 rings (SSSR count). The molecule has 1 aromatic rings. The second kappa shape index (κ2) is 8.05. The monoisotopic (exact) mass is 367 g/mol. The first kappa shape index (κ1) is 18.0. The third-order valence-corrected chi connectivity index (χ3v) is 6.44. The van der Waals surface area contributed by atoms with E-state index >= 15 is 0 Å². The van der Waals surface area contributed by atoms with Crippen LogP contribution in [0.2, 0.25) is 0 Å². The number of hydrogen-bond donors (Lipinski definition) is 1. The molecule has 2 heterocycles. The van der Waals surface area contributed by atoms with Crippen LogP contribution in [0, 0.1) is 0 Å². The zero-order valence-electron chi connectivity index (χ0n) is 14.3. The van der Waals surface area contributed by atoms with Crippen LogP contribution < -0.4 is 10.1 Å². The Labute approximate surface area is 149 Å². The van der Waals surface area contributed by atoms with Crippen LogP contribution in [-0.2, 0) is 10.0 Å². The maximum Gasteiger partial charge on any atom is 0.317 e. The fraction of sp³-hybridized carbons (Fsp3) is 0.588. The van der Waals surface area contributed by atoms with Gasteiger partial charge in [-0.05, 0) is 25.0 Å². The summed E-state index contributed by atoms with van der Waals surface area (Å²) < 4.78 is 31.6. The van der Waals surface area contributed by atoms with Crippen molar-refractivity contribution in [1.82, 2.24) is 14.5 Å². The first-order valence-corrected chi connectivity index (χ1v) is 10.4. The van der Waals surface area contributed by atoms with E-state index in [1.165, 1.54) is 4.31 Å². The summed E-state index contributed by atoms with van der Waals surface area (Å²) in [5.41, 5.74) is 0. The minimum Gasteiger partial charge on any atom is -0.489 e. The van der Waals surface area contributed by atoms with Gasteiger partial charge in [0.15, 0.2) is 0 Å². The number of sulfonamides is 1. The van der Waals surface area contributed by atoms with Crippen LogP contribution in [0.3, 0.4) is 0 Å². The minimum atomic E-state index is -3.26. The van der Waals surface area contributed by atoms with Gasteiger partial charge >= 0.3 is 6.03 Å². The normalized spacial score (nSPS) is 21.4. The Morgan fingerprint density at radius 2 is 1.88 bits per heavy atom. The molecular formula is C17H25N3O4S. The minimum absolute atomic E-state index is 0.0264. The average Bonchev–Trinajstić information content (AvgIpc) is 3.28. The number of rotatable bonds is 6. The number of hydrogen-bond acceptors (Lipinski definition) is 4. The van der Waals surface area contributed by atoms with Crippen molar-refractivity contribution in [1.29, 1.82) is 0 Å². The SMILES string of the molecule is O=C(NCCS(=O)(=O)N1CCCC1)N1CC[C@H](Oc2ccccc2)C1. The van der Waals surface area contributed by atoms with Gasteiger partial charge in [0.05, 0.1) is 12.3 Å². The molecule has 0 aromatic heterocycles. The molecule has 1 aromatic carbocycles. The van der Waals surface area contributed by atoms with Gasteiger partial charge in [0.1, 0.15) is 11.9 Å². The zero-order chi connectivity index (χ0) is 17.7. The van der Waals surface area contributed by atoms with Crippen molar-refractivity contribution >= 4 is 16.1 Å². The van der Waals surface area contributed by atoms with Crippen molar-refractivity contribution in [3.8, 4) is 5.75 Å². The van der Waals surface area contributed by atoms with Gasteiger partial charge in [-0.1, -0.05) is 18.2 Å². The molecule has 25 heavy (non-hydrogen) atoms. The number of carbonyl (C=O) groups is 1. The summed E-state index contributed by atoms with van der Waals surface area (Å²) in [5.74, 6) is 0.753. The number of benzene rings is 1. The van der Waals surface area contributed by atoms with E-state index in [1.54, 1.807) is 4.90 Å². The first-order valence-electron chi connectivity index (χ1n) is 8.77. The lowest BCUT2D eigenvalue weighted by Crippen LogP contribution is -2.42. The Hall–Kier alpha value is -1.80.